The van der Waals surface area contributed by atoms with Crippen molar-refractivity contribution < 1.29 is 14.6 Å². The highest BCUT2D eigenvalue weighted by molar-refractivity contribution is 6.30. The Morgan fingerprint density at radius 1 is 1.10 bits per heavy atom. The molecule has 1 N–H and O–H groups in total. The molecule has 0 bridgehead atoms. The molecule has 3 rings (SSSR count). The third kappa shape index (κ3) is 5.72. The lowest BCUT2D eigenvalue weighted by Crippen LogP contribution is -2.28. The molecule has 0 aliphatic carbocycles. The van der Waals surface area contributed by atoms with Crippen LogP contribution in [0, 0.1) is 0 Å². The van der Waals surface area contributed by atoms with E-state index in [0.717, 1.165) is 5.56 Å². The molecular weight excluding hydrogens is 404 g/mol. The van der Waals surface area contributed by atoms with Gasteiger partial charge >= 0.3 is 0 Å². The summed E-state index contributed by atoms with van der Waals surface area (Å²) < 4.78 is 12.4. The van der Waals surface area contributed by atoms with Crippen LogP contribution in [0.4, 0.5) is 0 Å². The SMILES string of the molecule is COc1cc(-n2cnc(C=Cc3ccc(Cl)cc3)cc2=O)ccc1OCC(C)(C)O. The van der Waals surface area contributed by atoms with E-state index < -0.39 is 5.60 Å². The lowest BCUT2D eigenvalue weighted by atomic mass is 10.2. The molecule has 0 saturated heterocycles. The van der Waals surface area contributed by atoms with Gasteiger partial charge in [0.1, 0.15) is 12.9 Å². The number of aliphatic hydroxyl groups is 1. The molecule has 2 aromatic carbocycles. The number of nitrogens with zero attached hydrogens (tertiary/aromatic N) is 2. The summed E-state index contributed by atoms with van der Waals surface area (Å²) in [6, 6.07) is 13.9. The van der Waals surface area contributed by atoms with Gasteiger partial charge in [0.15, 0.2) is 11.5 Å². The van der Waals surface area contributed by atoms with Gasteiger partial charge in [-0.2, -0.15) is 0 Å². The van der Waals surface area contributed by atoms with Gasteiger partial charge in [-0.1, -0.05) is 29.8 Å². The van der Waals surface area contributed by atoms with E-state index >= 15 is 0 Å². The predicted molar refractivity (Wildman–Crippen MR) is 119 cm³/mol. The zero-order valence-electron chi connectivity index (χ0n) is 17.0. The average molecular weight is 427 g/mol. The number of hydrogen-bond donors (Lipinski definition) is 1. The fourth-order valence-electron chi connectivity index (χ4n) is 2.63. The van der Waals surface area contributed by atoms with Gasteiger partial charge in [-0.25, -0.2) is 4.98 Å². The minimum absolute atomic E-state index is 0.110. The summed E-state index contributed by atoms with van der Waals surface area (Å²) in [4.78, 5) is 16.9. The fraction of sp³-hybridized carbons (Fsp3) is 0.217. The summed E-state index contributed by atoms with van der Waals surface area (Å²) in [5.74, 6) is 0.933. The number of halogens is 1. The van der Waals surface area contributed by atoms with E-state index in [1.54, 1.807) is 50.3 Å². The molecule has 0 radical (unpaired) electrons. The number of rotatable bonds is 7. The number of ether oxygens (including phenoxy) is 2. The quantitative estimate of drug-likeness (QED) is 0.612. The van der Waals surface area contributed by atoms with Crippen molar-refractivity contribution in [1.29, 1.82) is 0 Å². The molecule has 0 spiro atoms. The molecule has 0 atom stereocenters. The largest absolute Gasteiger partial charge is 0.493 e. The molecule has 1 aromatic heterocycles. The molecule has 30 heavy (non-hydrogen) atoms. The smallest absolute Gasteiger partial charge is 0.258 e. The van der Waals surface area contributed by atoms with Gasteiger partial charge in [-0.3, -0.25) is 9.36 Å². The van der Waals surface area contributed by atoms with Crippen LogP contribution in [-0.4, -0.2) is 34.0 Å². The highest BCUT2D eigenvalue weighted by Crippen LogP contribution is 2.29. The van der Waals surface area contributed by atoms with E-state index in [0.29, 0.717) is 27.9 Å². The first-order chi connectivity index (χ1) is 14.2. The van der Waals surface area contributed by atoms with Gasteiger partial charge in [-0.05, 0) is 49.8 Å². The Hall–Kier alpha value is -3.09. The highest BCUT2D eigenvalue weighted by atomic mass is 35.5. The van der Waals surface area contributed by atoms with Crippen molar-refractivity contribution in [1.82, 2.24) is 9.55 Å². The van der Waals surface area contributed by atoms with E-state index in [9.17, 15) is 9.90 Å². The minimum atomic E-state index is -0.972. The standard InChI is InChI=1S/C23H23ClN2O4/c1-23(2,28)14-30-20-11-10-19(13-21(20)29-3)26-15-25-18(12-22(26)27)9-6-16-4-7-17(24)8-5-16/h4-13,15,28H,14H2,1-3H3. The second-order valence-electron chi connectivity index (χ2n) is 7.34. The van der Waals surface area contributed by atoms with E-state index in [1.807, 2.05) is 18.2 Å². The lowest BCUT2D eigenvalue weighted by Gasteiger charge is -2.19. The van der Waals surface area contributed by atoms with Crippen LogP contribution < -0.4 is 15.0 Å². The van der Waals surface area contributed by atoms with Gasteiger partial charge in [0.2, 0.25) is 0 Å². The maximum atomic E-state index is 12.6. The van der Waals surface area contributed by atoms with Crippen LogP contribution in [0.15, 0.2) is 59.7 Å². The average Bonchev–Trinajstić information content (AvgIpc) is 2.71. The normalized spacial score (nSPS) is 11.6. The van der Waals surface area contributed by atoms with Crippen LogP contribution >= 0.6 is 11.6 Å². The van der Waals surface area contributed by atoms with E-state index in [-0.39, 0.29) is 12.2 Å². The first-order valence-corrected chi connectivity index (χ1v) is 9.69. The summed E-state index contributed by atoms with van der Waals surface area (Å²) in [7, 11) is 1.52. The van der Waals surface area contributed by atoms with Crippen molar-refractivity contribution in [2.45, 2.75) is 19.4 Å². The minimum Gasteiger partial charge on any atom is -0.493 e. The van der Waals surface area contributed by atoms with Crippen LogP contribution in [-0.2, 0) is 0 Å². The van der Waals surface area contributed by atoms with E-state index in [4.69, 9.17) is 21.1 Å². The Morgan fingerprint density at radius 3 is 2.47 bits per heavy atom. The van der Waals surface area contributed by atoms with Gasteiger partial charge < -0.3 is 14.6 Å². The Bertz CT molecular complexity index is 1100. The van der Waals surface area contributed by atoms with Crippen LogP contribution in [0.25, 0.3) is 17.8 Å². The predicted octanol–water partition coefficient (Wildman–Crippen LogP) is 4.21. The van der Waals surface area contributed by atoms with Crippen molar-refractivity contribution >= 4 is 23.8 Å². The molecule has 0 fully saturated rings. The maximum absolute atomic E-state index is 12.6. The molecule has 0 saturated carbocycles. The monoisotopic (exact) mass is 426 g/mol. The molecule has 0 unspecified atom stereocenters. The summed E-state index contributed by atoms with van der Waals surface area (Å²) in [5, 5.41) is 10.5. The second-order valence-corrected chi connectivity index (χ2v) is 7.78. The molecule has 0 amide bonds. The number of hydrogen-bond acceptors (Lipinski definition) is 5. The molecule has 156 valence electrons. The van der Waals surface area contributed by atoms with Crippen LogP contribution in [0.3, 0.4) is 0 Å². The summed E-state index contributed by atoms with van der Waals surface area (Å²) in [5.41, 5.74) is 0.890. The van der Waals surface area contributed by atoms with Crippen LogP contribution in [0.2, 0.25) is 5.02 Å². The Balaban J connectivity index is 1.82. The van der Waals surface area contributed by atoms with Crippen LogP contribution in [0.1, 0.15) is 25.1 Å². The Labute approximate surface area is 180 Å². The zero-order valence-corrected chi connectivity index (χ0v) is 17.8. The first kappa shape index (κ1) is 21.6. The molecule has 0 aliphatic heterocycles. The van der Waals surface area contributed by atoms with Crippen molar-refractivity contribution in [3.63, 3.8) is 0 Å². The number of benzene rings is 2. The van der Waals surface area contributed by atoms with Crippen LogP contribution in [0.5, 0.6) is 11.5 Å². The van der Waals surface area contributed by atoms with Crippen molar-refractivity contribution in [3.8, 4) is 17.2 Å². The fourth-order valence-corrected chi connectivity index (χ4v) is 2.76. The highest BCUT2D eigenvalue weighted by Gasteiger charge is 2.16. The molecule has 3 aromatic rings. The zero-order chi connectivity index (χ0) is 21.7. The molecule has 0 aliphatic rings. The third-order valence-corrected chi connectivity index (χ3v) is 4.41. The topological polar surface area (TPSA) is 73.6 Å². The maximum Gasteiger partial charge on any atom is 0.258 e. The summed E-state index contributed by atoms with van der Waals surface area (Å²) in [6.45, 7) is 3.42. The third-order valence-electron chi connectivity index (χ3n) is 4.15. The van der Waals surface area contributed by atoms with Crippen molar-refractivity contribution in [3.05, 3.63) is 81.5 Å². The van der Waals surface area contributed by atoms with Crippen molar-refractivity contribution in [2.24, 2.45) is 0 Å². The lowest BCUT2D eigenvalue weighted by molar-refractivity contribution is 0.0276. The molecule has 7 heteroatoms. The Morgan fingerprint density at radius 2 is 1.83 bits per heavy atom. The number of methoxy groups -OCH3 is 1. The van der Waals surface area contributed by atoms with E-state index in [2.05, 4.69) is 4.98 Å². The Kier molecular flexibility index (Phi) is 6.59. The van der Waals surface area contributed by atoms with Gasteiger partial charge in [-0.15, -0.1) is 0 Å². The van der Waals surface area contributed by atoms with Gasteiger partial charge in [0, 0.05) is 17.2 Å². The number of aromatic nitrogens is 2. The van der Waals surface area contributed by atoms with Crippen molar-refractivity contribution in [2.75, 3.05) is 13.7 Å². The second kappa shape index (κ2) is 9.15. The molecular formula is C23H23ClN2O4. The van der Waals surface area contributed by atoms with Gasteiger partial charge in [0.25, 0.3) is 5.56 Å². The van der Waals surface area contributed by atoms with Gasteiger partial charge in [0.05, 0.1) is 24.1 Å². The molecule has 6 nitrogen and oxygen atoms in total. The first-order valence-electron chi connectivity index (χ1n) is 9.31. The molecule has 1 heterocycles. The van der Waals surface area contributed by atoms with E-state index in [1.165, 1.54) is 24.1 Å². The summed E-state index contributed by atoms with van der Waals surface area (Å²) >= 11 is 5.89. The summed E-state index contributed by atoms with van der Waals surface area (Å²) in [6.07, 6.45) is 5.10.